The van der Waals surface area contributed by atoms with Gasteiger partial charge in [-0.25, -0.2) is 4.39 Å². The smallest absolute Gasteiger partial charge is 0.237 e. The highest BCUT2D eigenvalue weighted by molar-refractivity contribution is 5.82. The van der Waals surface area contributed by atoms with Crippen molar-refractivity contribution in [1.29, 1.82) is 0 Å². The molecule has 4 nitrogen and oxygen atoms in total. The molecule has 2 rings (SSSR count). The van der Waals surface area contributed by atoms with Gasteiger partial charge in [-0.1, -0.05) is 12.1 Å². The summed E-state index contributed by atoms with van der Waals surface area (Å²) in [6.45, 7) is 5.06. The van der Waals surface area contributed by atoms with E-state index < -0.39 is 0 Å². The molecule has 1 unspecified atom stereocenters. The van der Waals surface area contributed by atoms with Gasteiger partial charge in [0.25, 0.3) is 0 Å². The Hall–Kier alpha value is -2.04. The van der Waals surface area contributed by atoms with Crippen LogP contribution in [0, 0.1) is 12.7 Å². The van der Waals surface area contributed by atoms with E-state index in [0.29, 0.717) is 29.3 Å². The minimum Gasteiger partial charge on any atom is -0.338 e. The standard InChI is InChI=1S/C14H15FN2O2/c1-4-11(9(3)18)14-16-13(17-19-14)10-5-6-12(15)8(2)7-10/h5-7,11H,4H2,1-3H3. The van der Waals surface area contributed by atoms with Crippen LogP contribution >= 0.6 is 0 Å². The Morgan fingerprint density at radius 3 is 2.79 bits per heavy atom. The monoisotopic (exact) mass is 262 g/mol. The molecule has 0 fully saturated rings. The van der Waals surface area contributed by atoms with E-state index in [4.69, 9.17) is 4.52 Å². The molecule has 2 aromatic rings. The number of carbonyl (C=O) groups is 1. The SMILES string of the molecule is CCC(C(C)=O)c1nc(-c2ccc(F)c(C)c2)no1. The van der Waals surface area contributed by atoms with E-state index >= 15 is 0 Å². The molecule has 0 amide bonds. The molecule has 0 spiro atoms. The van der Waals surface area contributed by atoms with E-state index in [-0.39, 0.29) is 17.5 Å². The van der Waals surface area contributed by atoms with Crippen LogP contribution in [0.25, 0.3) is 11.4 Å². The number of hydrogen-bond acceptors (Lipinski definition) is 4. The third-order valence-corrected chi connectivity index (χ3v) is 3.05. The van der Waals surface area contributed by atoms with Crippen molar-refractivity contribution in [2.75, 3.05) is 0 Å². The first-order valence-electron chi connectivity index (χ1n) is 6.13. The van der Waals surface area contributed by atoms with E-state index in [1.54, 1.807) is 19.1 Å². The van der Waals surface area contributed by atoms with E-state index in [9.17, 15) is 9.18 Å². The first kappa shape index (κ1) is 13.4. The molecule has 0 N–H and O–H groups in total. The summed E-state index contributed by atoms with van der Waals surface area (Å²) in [7, 11) is 0. The van der Waals surface area contributed by atoms with Crippen LogP contribution in [-0.4, -0.2) is 15.9 Å². The van der Waals surface area contributed by atoms with Crippen molar-refractivity contribution in [3.63, 3.8) is 0 Å². The average molecular weight is 262 g/mol. The number of rotatable bonds is 4. The minimum atomic E-state index is -0.372. The van der Waals surface area contributed by atoms with Crippen molar-refractivity contribution in [1.82, 2.24) is 10.1 Å². The maximum atomic E-state index is 13.2. The van der Waals surface area contributed by atoms with Gasteiger partial charge in [-0.05, 0) is 44.0 Å². The van der Waals surface area contributed by atoms with Gasteiger partial charge in [0.2, 0.25) is 11.7 Å². The Labute approximate surface area is 110 Å². The van der Waals surface area contributed by atoms with E-state index in [1.165, 1.54) is 13.0 Å². The van der Waals surface area contributed by atoms with Crippen LogP contribution in [0.5, 0.6) is 0 Å². The normalized spacial score (nSPS) is 12.4. The average Bonchev–Trinajstić information content (AvgIpc) is 2.82. The molecule has 0 aliphatic rings. The first-order valence-corrected chi connectivity index (χ1v) is 6.13. The summed E-state index contributed by atoms with van der Waals surface area (Å²) < 4.78 is 18.3. The molecule has 1 aromatic carbocycles. The molecule has 1 aromatic heterocycles. The second-order valence-electron chi connectivity index (χ2n) is 4.49. The van der Waals surface area contributed by atoms with Crippen molar-refractivity contribution in [3.05, 3.63) is 35.5 Å². The molecule has 0 saturated carbocycles. The van der Waals surface area contributed by atoms with Gasteiger partial charge in [0.05, 0.1) is 5.92 Å². The molecular formula is C14H15FN2O2. The third-order valence-electron chi connectivity index (χ3n) is 3.05. The lowest BCUT2D eigenvalue weighted by Crippen LogP contribution is -2.07. The van der Waals surface area contributed by atoms with Gasteiger partial charge in [0.1, 0.15) is 11.6 Å². The number of halogens is 1. The van der Waals surface area contributed by atoms with Crippen LogP contribution in [-0.2, 0) is 4.79 Å². The van der Waals surface area contributed by atoms with Crippen molar-refractivity contribution >= 4 is 5.78 Å². The van der Waals surface area contributed by atoms with E-state index in [0.717, 1.165) is 0 Å². The lowest BCUT2D eigenvalue weighted by atomic mass is 10.0. The lowest BCUT2D eigenvalue weighted by Gasteiger charge is -2.03. The first-order chi connectivity index (χ1) is 9.02. The van der Waals surface area contributed by atoms with Crippen LogP contribution < -0.4 is 0 Å². The number of ketones is 1. The number of aryl methyl sites for hydroxylation is 1. The molecule has 100 valence electrons. The Balaban J connectivity index is 2.35. The van der Waals surface area contributed by atoms with Gasteiger partial charge in [0, 0.05) is 5.56 Å². The molecule has 1 heterocycles. The fourth-order valence-corrected chi connectivity index (χ4v) is 1.91. The molecule has 0 aliphatic heterocycles. The number of nitrogens with zero attached hydrogens (tertiary/aromatic N) is 2. The van der Waals surface area contributed by atoms with E-state index in [2.05, 4.69) is 10.1 Å². The number of benzene rings is 1. The zero-order chi connectivity index (χ0) is 14.0. The van der Waals surface area contributed by atoms with Crippen LogP contribution in [0.15, 0.2) is 22.7 Å². The Kier molecular flexibility index (Phi) is 3.74. The molecule has 0 radical (unpaired) electrons. The third kappa shape index (κ3) is 2.70. The molecule has 0 aliphatic carbocycles. The second-order valence-corrected chi connectivity index (χ2v) is 4.49. The molecule has 0 bridgehead atoms. The van der Waals surface area contributed by atoms with Gasteiger partial charge >= 0.3 is 0 Å². The fraction of sp³-hybridized carbons (Fsp3) is 0.357. The summed E-state index contributed by atoms with van der Waals surface area (Å²) in [5.74, 6) is 0.0307. The van der Waals surface area contributed by atoms with Crippen molar-refractivity contribution in [2.45, 2.75) is 33.1 Å². The van der Waals surface area contributed by atoms with Crippen molar-refractivity contribution < 1.29 is 13.7 Å². The molecule has 5 heteroatoms. The zero-order valence-corrected chi connectivity index (χ0v) is 11.1. The summed E-state index contributed by atoms with van der Waals surface area (Å²) in [5.41, 5.74) is 1.19. The molecule has 1 atom stereocenters. The van der Waals surface area contributed by atoms with E-state index in [1.807, 2.05) is 6.92 Å². The largest absolute Gasteiger partial charge is 0.338 e. The number of carbonyl (C=O) groups excluding carboxylic acids is 1. The maximum Gasteiger partial charge on any atom is 0.237 e. The van der Waals surface area contributed by atoms with Gasteiger partial charge in [0.15, 0.2) is 0 Å². The Morgan fingerprint density at radius 1 is 1.47 bits per heavy atom. The van der Waals surface area contributed by atoms with Gasteiger partial charge in [-0.3, -0.25) is 4.79 Å². The van der Waals surface area contributed by atoms with Gasteiger partial charge in [-0.15, -0.1) is 0 Å². The maximum absolute atomic E-state index is 13.2. The number of hydrogen-bond donors (Lipinski definition) is 0. The summed E-state index contributed by atoms with van der Waals surface area (Å²) in [6, 6.07) is 4.60. The predicted molar refractivity (Wildman–Crippen MR) is 68.1 cm³/mol. The minimum absolute atomic E-state index is 0.00649. The number of Topliss-reactive ketones (excluding diaryl/α,β-unsaturated/α-hetero) is 1. The molecule has 19 heavy (non-hydrogen) atoms. The van der Waals surface area contributed by atoms with Gasteiger partial charge < -0.3 is 4.52 Å². The van der Waals surface area contributed by atoms with Crippen molar-refractivity contribution in [3.8, 4) is 11.4 Å². The highest BCUT2D eigenvalue weighted by Gasteiger charge is 2.22. The van der Waals surface area contributed by atoms with Crippen LogP contribution in [0.4, 0.5) is 4.39 Å². The predicted octanol–water partition coefficient (Wildman–Crippen LogP) is 3.27. The highest BCUT2D eigenvalue weighted by Crippen LogP contribution is 2.23. The Bertz CT molecular complexity index is 607. The van der Waals surface area contributed by atoms with Gasteiger partial charge in [-0.2, -0.15) is 4.98 Å². The van der Waals surface area contributed by atoms with Crippen molar-refractivity contribution in [2.24, 2.45) is 0 Å². The summed E-state index contributed by atoms with van der Waals surface area (Å²) in [4.78, 5) is 15.7. The lowest BCUT2D eigenvalue weighted by molar-refractivity contribution is -0.119. The van der Waals surface area contributed by atoms with Crippen LogP contribution in [0.2, 0.25) is 0 Å². The molecule has 0 saturated heterocycles. The van der Waals surface area contributed by atoms with Crippen LogP contribution in [0.1, 0.15) is 37.6 Å². The summed E-state index contributed by atoms with van der Waals surface area (Å²) in [5, 5.41) is 3.85. The summed E-state index contributed by atoms with van der Waals surface area (Å²) in [6.07, 6.45) is 0.611. The topological polar surface area (TPSA) is 56.0 Å². The number of aromatic nitrogens is 2. The molecular weight excluding hydrogens is 247 g/mol. The highest BCUT2D eigenvalue weighted by atomic mass is 19.1. The van der Waals surface area contributed by atoms with Crippen LogP contribution in [0.3, 0.4) is 0 Å². The fourth-order valence-electron chi connectivity index (χ4n) is 1.91. The second kappa shape index (κ2) is 5.30. The zero-order valence-electron chi connectivity index (χ0n) is 11.1. The summed E-state index contributed by atoms with van der Waals surface area (Å²) >= 11 is 0. The Morgan fingerprint density at radius 2 is 2.21 bits per heavy atom. The quantitative estimate of drug-likeness (QED) is 0.848.